The molecule has 2 aromatic heterocycles. The second-order valence-corrected chi connectivity index (χ2v) is 7.76. The van der Waals surface area contributed by atoms with Crippen LogP contribution in [0.25, 0.3) is 10.7 Å². The Morgan fingerprint density at radius 1 is 1.46 bits per heavy atom. The van der Waals surface area contributed by atoms with E-state index in [0.29, 0.717) is 25.1 Å². The summed E-state index contributed by atoms with van der Waals surface area (Å²) < 4.78 is 41.5. The molecule has 2 aromatic rings. The summed E-state index contributed by atoms with van der Waals surface area (Å²) in [6, 6.07) is 2.03. The summed E-state index contributed by atoms with van der Waals surface area (Å²) in [5.41, 5.74) is 0. The van der Waals surface area contributed by atoms with Crippen molar-refractivity contribution in [1.82, 2.24) is 20.1 Å². The van der Waals surface area contributed by atoms with Crippen molar-refractivity contribution >= 4 is 29.5 Å². The molecule has 10 heteroatoms. The first kappa shape index (κ1) is 19.1. The van der Waals surface area contributed by atoms with E-state index in [1.54, 1.807) is 11.5 Å². The van der Waals surface area contributed by atoms with Crippen LogP contribution in [0.4, 0.5) is 13.2 Å². The third kappa shape index (κ3) is 3.85. The largest absolute Gasteiger partial charge is 0.393 e. The van der Waals surface area contributed by atoms with E-state index in [-0.39, 0.29) is 11.2 Å². The highest BCUT2D eigenvalue weighted by Gasteiger charge is 2.46. The molecular formula is C16H19F3N4OS2. The van der Waals surface area contributed by atoms with Crippen molar-refractivity contribution in [2.45, 2.75) is 50.9 Å². The smallest absolute Gasteiger partial charge is 0.351 e. The van der Waals surface area contributed by atoms with Gasteiger partial charge in [0.15, 0.2) is 10.6 Å². The monoisotopic (exact) mass is 404 g/mol. The molecule has 1 amide bonds. The summed E-state index contributed by atoms with van der Waals surface area (Å²) in [6.07, 6.45) is -2.72. The minimum atomic E-state index is -4.31. The molecule has 5 nitrogen and oxygen atoms in total. The van der Waals surface area contributed by atoms with E-state index < -0.39 is 30.1 Å². The Morgan fingerprint density at radius 2 is 2.19 bits per heavy atom. The minimum Gasteiger partial charge on any atom is -0.351 e. The summed E-state index contributed by atoms with van der Waals surface area (Å²) >= 11 is 6.66. The molecule has 2 heterocycles. The van der Waals surface area contributed by atoms with Gasteiger partial charge in [-0.1, -0.05) is 18.9 Å². The number of alkyl halides is 3. The maximum absolute atomic E-state index is 13.2. The molecule has 2 N–H and O–H groups in total. The van der Waals surface area contributed by atoms with Gasteiger partial charge in [0.1, 0.15) is 6.04 Å². The number of aromatic amines is 1. The number of nitrogens with one attached hydrogen (secondary N) is 2. The van der Waals surface area contributed by atoms with Crippen molar-refractivity contribution in [2.24, 2.45) is 5.92 Å². The zero-order valence-corrected chi connectivity index (χ0v) is 15.7. The average molecular weight is 404 g/mol. The van der Waals surface area contributed by atoms with Crippen LogP contribution in [0.15, 0.2) is 17.5 Å². The van der Waals surface area contributed by atoms with Gasteiger partial charge in [-0.15, -0.1) is 11.3 Å². The predicted molar refractivity (Wildman–Crippen MR) is 95.4 cm³/mol. The van der Waals surface area contributed by atoms with Crippen molar-refractivity contribution < 1.29 is 18.0 Å². The van der Waals surface area contributed by atoms with Gasteiger partial charge in [0, 0.05) is 6.04 Å². The molecule has 26 heavy (non-hydrogen) atoms. The first-order valence-corrected chi connectivity index (χ1v) is 9.65. The van der Waals surface area contributed by atoms with E-state index in [1.165, 1.54) is 11.3 Å². The van der Waals surface area contributed by atoms with Crippen LogP contribution in [-0.2, 0) is 4.79 Å². The van der Waals surface area contributed by atoms with Crippen LogP contribution in [-0.4, -0.2) is 32.9 Å². The van der Waals surface area contributed by atoms with Crippen molar-refractivity contribution in [1.29, 1.82) is 0 Å². The first-order valence-electron chi connectivity index (χ1n) is 8.37. The van der Waals surface area contributed by atoms with Crippen LogP contribution in [0.5, 0.6) is 0 Å². The molecule has 0 aromatic carbocycles. The predicted octanol–water partition coefficient (Wildman–Crippen LogP) is 4.47. The van der Waals surface area contributed by atoms with Crippen LogP contribution < -0.4 is 5.32 Å². The Bertz CT molecular complexity index is 812. The lowest BCUT2D eigenvalue weighted by Gasteiger charge is -2.34. The SMILES string of the molecule is CC(C(=O)NC1CCCCC1C(F)(F)F)n1c(-c2cccs2)n[nH]c1=S. The molecule has 3 rings (SSSR count). The standard InChI is InChI=1S/C16H19F3N4OS2/c1-9(23-13(21-22-15(23)25)12-7-4-8-26-12)14(24)20-11-6-3-2-5-10(11)16(17,18)19/h4,7-11H,2-3,5-6H2,1H3,(H,20,24)(H,22,25). The summed E-state index contributed by atoms with van der Waals surface area (Å²) in [6.45, 7) is 1.61. The Balaban J connectivity index is 1.80. The summed E-state index contributed by atoms with van der Waals surface area (Å²) in [7, 11) is 0. The van der Waals surface area contributed by atoms with Crippen LogP contribution in [0.2, 0.25) is 0 Å². The number of thiophene rings is 1. The van der Waals surface area contributed by atoms with Crippen molar-refractivity contribution in [2.75, 3.05) is 0 Å². The fourth-order valence-corrected chi connectivity index (χ4v) is 4.36. The number of aromatic nitrogens is 3. The lowest BCUT2D eigenvalue weighted by atomic mass is 9.84. The van der Waals surface area contributed by atoms with Crippen LogP contribution >= 0.6 is 23.6 Å². The third-order valence-corrected chi connectivity index (χ3v) is 5.88. The van der Waals surface area contributed by atoms with Gasteiger partial charge in [-0.2, -0.15) is 18.3 Å². The van der Waals surface area contributed by atoms with Gasteiger partial charge < -0.3 is 5.32 Å². The molecule has 1 saturated carbocycles. The van der Waals surface area contributed by atoms with Gasteiger partial charge in [0.05, 0.1) is 10.8 Å². The normalized spacial score (nSPS) is 22.2. The molecule has 3 atom stereocenters. The van der Waals surface area contributed by atoms with E-state index in [1.807, 2.05) is 17.5 Å². The van der Waals surface area contributed by atoms with Gasteiger partial charge in [0.2, 0.25) is 5.91 Å². The molecule has 0 spiro atoms. The number of H-pyrrole nitrogens is 1. The average Bonchev–Trinajstić information content (AvgIpc) is 3.23. The number of halogens is 3. The maximum atomic E-state index is 13.2. The zero-order chi connectivity index (χ0) is 18.9. The Morgan fingerprint density at radius 3 is 2.85 bits per heavy atom. The first-order chi connectivity index (χ1) is 12.3. The van der Waals surface area contributed by atoms with Crippen molar-refractivity contribution in [3.05, 3.63) is 22.3 Å². The number of carbonyl (C=O) groups is 1. The Labute approximate surface area is 157 Å². The Hall–Kier alpha value is -1.68. The van der Waals surface area contributed by atoms with Crippen LogP contribution in [0.3, 0.4) is 0 Å². The lowest BCUT2D eigenvalue weighted by Crippen LogP contribution is -2.49. The quantitative estimate of drug-likeness (QED) is 0.739. The van der Waals surface area contributed by atoms with E-state index in [9.17, 15) is 18.0 Å². The zero-order valence-electron chi connectivity index (χ0n) is 14.0. The highest BCUT2D eigenvalue weighted by molar-refractivity contribution is 7.71. The fraction of sp³-hybridized carbons (Fsp3) is 0.562. The number of nitrogens with zero attached hydrogens (tertiary/aromatic N) is 2. The third-order valence-electron chi connectivity index (χ3n) is 4.73. The van der Waals surface area contributed by atoms with Gasteiger partial charge >= 0.3 is 6.18 Å². The fourth-order valence-electron chi connectivity index (χ4n) is 3.36. The highest BCUT2D eigenvalue weighted by atomic mass is 32.1. The van der Waals surface area contributed by atoms with Gasteiger partial charge in [-0.25, -0.2) is 0 Å². The Kier molecular flexibility index (Phi) is 5.52. The molecule has 0 saturated heterocycles. The highest BCUT2D eigenvalue weighted by Crippen LogP contribution is 2.38. The van der Waals surface area contributed by atoms with Gasteiger partial charge in [-0.05, 0) is 43.4 Å². The maximum Gasteiger partial charge on any atom is 0.393 e. The molecule has 0 radical (unpaired) electrons. The van der Waals surface area contributed by atoms with E-state index >= 15 is 0 Å². The van der Waals surface area contributed by atoms with E-state index in [2.05, 4.69) is 15.5 Å². The number of amides is 1. The van der Waals surface area contributed by atoms with E-state index in [0.717, 1.165) is 4.88 Å². The second-order valence-electron chi connectivity index (χ2n) is 6.42. The lowest BCUT2D eigenvalue weighted by molar-refractivity contribution is -0.189. The number of hydrogen-bond acceptors (Lipinski definition) is 4. The summed E-state index contributed by atoms with van der Waals surface area (Å²) in [5, 5.41) is 11.3. The molecule has 142 valence electrons. The molecule has 0 bridgehead atoms. The number of rotatable bonds is 4. The van der Waals surface area contributed by atoms with Crippen molar-refractivity contribution in [3.8, 4) is 10.7 Å². The summed E-state index contributed by atoms with van der Waals surface area (Å²) in [5.74, 6) is -1.48. The number of carbonyl (C=O) groups excluding carboxylic acids is 1. The number of hydrogen-bond donors (Lipinski definition) is 2. The van der Waals surface area contributed by atoms with Crippen LogP contribution in [0, 0.1) is 10.7 Å². The molecular weight excluding hydrogens is 385 g/mol. The minimum absolute atomic E-state index is 0.0500. The van der Waals surface area contributed by atoms with E-state index in [4.69, 9.17) is 12.2 Å². The van der Waals surface area contributed by atoms with Gasteiger partial charge in [0.25, 0.3) is 0 Å². The molecule has 1 fully saturated rings. The molecule has 1 aliphatic rings. The van der Waals surface area contributed by atoms with Crippen molar-refractivity contribution in [3.63, 3.8) is 0 Å². The molecule has 0 aliphatic heterocycles. The summed E-state index contributed by atoms with van der Waals surface area (Å²) in [4.78, 5) is 13.5. The topological polar surface area (TPSA) is 62.7 Å². The molecule has 1 aliphatic carbocycles. The second kappa shape index (κ2) is 7.51. The molecule has 3 unspecified atom stereocenters. The van der Waals surface area contributed by atoms with Gasteiger partial charge in [-0.3, -0.25) is 14.5 Å². The van der Waals surface area contributed by atoms with Crippen LogP contribution in [0.1, 0.15) is 38.6 Å².